The minimum Gasteiger partial charge on any atom is -0.511 e. The fourth-order valence-corrected chi connectivity index (χ4v) is 5.26. The van der Waals surface area contributed by atoms with Crippen LogP contribution in [0.1, 0.15) is 79.1 Å². The molecule has 0 saturated heterocycles. The number of ether oxygens (including phenoxy) is 2. The second-order valence-corrected chi connectivity index (χ2v) is 12.3. The van der Waals surface area contributed by atoms with Gasteiger partial charge in [-0.15, -0.1) is 0 Å². The number of hydrogen-bond acceptors (Lipinski definition) is 10. The molecule has 0 saturated carbocycles. The van der Waals surface area contributed by atoms with Crippen molar-refractivity contribution >= 4 is 46.3 Å². The van der Waals surface area contributed by atoms with Crippen molar-refractivity contribution in [2.24, 2.45) is 20.8 Å². The summed E-state index contributed by atoms with van der Waals surface area (Å²) in [6, 6.07) is 6.63. The van der Waals surface area contributed by atoms with Crippen LogP contribution < -0.4 is 0 Å². The van der Waals surface area contributed by atoms with Crippen molar-refractivity contribution in [3.63, 3.8) is 0 Å². The molecule has 0 aromatic heterocycles. The highest BCUT2D eigenvalue weighted by atomic mass is 16.5. The third-order valence-electron chi connectivity index (χ3n) is 7.25. The first-order valence-electron chi connectivity index (χ1n) is 13.9. The highest BCUT2D eigenvalue weighted by Crippen LogP contribution is 2.38. The quantitative estimate of drug-likeness (QED) is 0.247. The van der Waals surface area contributed by atoms with Gasteiger partial charge in [-0.05, 0) is 35.1 Å². The van der Waals surface area contributed by atoms with Crippen LogP contribution in [0.25, 0.3) is 0 Å². The van der Waals surface area contributed by atoms with Gasteiger partial charge in [0, 0.05) is 38.5 Å². The summed E-state index contributed by atoms with van der Waals surface area (Å²) in [7, 11) is 2.56. The number of methoxy groups -OCH3 is 2. The van der Waals surface area contributed by atoms with Crippen LogP contribution >= 0.6 is 0 Å². The van der Waals surface area contributed by atoms with Crippen LogP contribution in [0.5, 0.6) is 0 Å². The number of hydrogen-bond donors (Lipinski definition) is 2. The smallest absolute Gasteiger partial charge is 0.305 e. The molecule has 0 heterocycles. The number of nitrogens with zero attached hydrogens (tertiary/aromatic N) is 2. The minimum absolute atomic E-state index is 0.0157. The predicted octanol–water partition coefficient (Wildman–Crippen LogP) is 6.14. The second kappa shape index (κ2) is 13.3. The number of carbonyl (C=O) groups excluding carboxylic acids is 4. The van der Waals surface area contributed by atoms with Crippen LogP contribution in [-0.4, -0.2) is 59.4 Å². The number of allylic oxidation sites excluding steroid dienone is 4. The van der Waals surface area contributed by atoms with Crippen molar-refractivity contribution in [1.29, 1.82) is 0 Å². The standard InChI is InChI=1S/C32H40N2O8/c1-31(2)15-23(35)29(24(36)16-31)21(11-13-27(39)41-5)33-19-7-9-20(10-8-19)34-22(12-14-28(40)42-6)30-25(37)17-32(3,4)18-26(30)38/h7-10,35,37H,11-18H2,1-6H3. The lowest BCUT2D eigenvalue weighted by atomic mass is 9.75. The summed E-state index contributed by atoms with van der Waals surface area (Å²) in [5.74, 6) is -1.51. The van der Waals surface area contributed by atoms with Crippen LogP contribution in [0, 0.1) is 10.8 Å². The molecule has 0 fully saturated rings. The van der Waals surface area contributed by atoms with Gasteiger partial charge in [-0.25, -0.2) is 0 Å². The van der Waals surface area contributed by atoms with Gasteiger partial charge in [0.05, 0.1) is 61.0 Å². The summed E-state index contributed by atoms with van der Waals surface area (Å²) in [6.07, 6.45) is 1.27. The average Bonchev–Trinajstić information content (AvgIpc) is 2.88. The van der Waals surface area contributed by atoms with Crippen LogP contribution in [0.3, 0.4) is 0 Å². The Kier molecular flexibility index (Phi) is 10.2. The predicted molar refractivity (Wildman–Crippen MR) is 158 cm³/mol. The summed E-state index contributed by atoms with van der Waals surface area (Å²) >= 11 is 0. The number of aliphatic hydroxyl groups is 2. The largest absolute Gasteiger partial charge is 0.511 e. The van der Waals surface area contributed by atoms with E-state index in [-0.39, 0.29) is 83.6 Å². The third kappa shape index (κ3) is 8.47. The van der Waals surface area contributed by atoms with Crippen molar-refractivity contribution in [1.82, 2.24) is 0 Å². The van der Waals surface area contributed by atoms with Gasteiger partial charge in [0.2, 0.25) is 0 Å². The molecular formula is C32H40N2O8. The first-order chi connectivity index (χ1) is 19.6. The average molecular weight is 581 g/mol. The number of aliphatic imine (C=N–C) groups is 2. The van der Waals surface area contributed by atoms with Gasteiger partial charge in [-0.1, -0.05) is 27.7 Å². The van der Waals surface area contributed by atoms with E-state index in [0.717, 1.165) is 0 Å². The third-order valence-corrected chi connectivity index (χ3v) is 7.25. The van der Waals surface area contributed by atoms with Crippen LogP contribution in [0.15, 0.2) is 56.9 Å². The lowest BCUT2D eigenvalue weighted by Crippen LogP contribution is -2.29. The molecule has 0 amide bonds. The highest BCUT2D eigenvalue weighted by molar-refractivity contribution is 6.25. The van der Waals surface area contributed by atoms with E-state index in [2.05, 4.69) is 9.98 Å². The number of aliphatic hydroxyl groups excluding tert-OH is 2. The Labute approximate surface area is 246 Å². The topological polar surface area (TPSA) is 152 Å². The lowest BCUT2D eigenvalue weighted by Gasteiger charge is -2.30. The molecule has 0 unspecified atom stereocenters. The Morgan fingerprint density at radius 3 is 1.29 bits per heavy atom. The fourth-order valence-electron chi connectivity index (χ4n) is 5.26. The van der Waals surface area contributed by atoms with E-state index in [4.69, 9.17) is 9.47 Å². The summed E-state index contributed by atoms with van der Waals surface area (Å²) in [4.78, 5) is 59.0. The maximum atomic E-state index is 13.0. The molecule has 3 rings (SSSR count). The van der Waals surface area contributed by atoms with E-state index in [1.165, 1.54) is 14.2 Å². The van der Waals surface area contributed by atoms with Gasteiger partial charge in [0.15, 0.2) is 11.6 Å². The van der Waals surface area contributed by atoms with Crippen LogP contribution in [0.2, 0.25) is 0 Å². The van der Waals surface area contributed by atoms with Gasteiger partial charge in [0.25, 0.3) is 0 Å². The van der Waals surface area contributed by atoms with Gasteiger partial charge in [0.1, 0.15) is 11.5 Å². The van der Waals surface area contributed by atoms with E-state index < -0.39 is 11.9 Å². The number of rotatable bonds is 10. The molecule has 42 heavy (non-hydrogen) atoms. The maximum Gasteiger partial charge on any atom is 0.305 e. The molecule has 226 valence electrons. The fraction of sp³-hybridized carbons (Fsp3) is 0.500. The molecule has 10 heteroatoms. The Morgan fingerprint density at radius 2 is 1.00 bits per heavy atom. The molecule has 2 aliphatic rings. The number of esters is 2. The molecule has 1 aromatic carbocycles. The van der Waals surface area contributed by atoms with E-state index in [1.807, 2.05) is 27.7 Å². The van der Waals surface area contributed by atoms with Gasteiger partial charge in [-0.2, -0.15) is 0 Å². The van der Waals surface area contributed by atoms with Gasteiger partial charge >= 0.3 is 11.9 Å². The molecule has 0 aliphatic heterocycles. The number of ketones is 2. The molecule has 0 atom stereocenters. The summed E-state index contributed by atoms with van der Waals surface area (Å²) < 4.78 is 9.50. The van der Waals surface area contributed by atoms with E-state index in [1.54, 1.807) is 24.3 Å². The van der Waals surface area contributed by atoms with Crippen molar-refractivity contribution in [2.75, 3.05) is 14.2 Å². The second-order valence-electron chi connectivity index (χ2n) is 12.3. The van der Waals surface area contributed by atoms with E-state index in [9.17, 15) is 29.4 Å². The van der Waals surface area contributed by atoms with Gasteiger partial charge in [-0.3, -0.25) is 29.2 Å². The molecule has 0 radical (unpaired) electrons. The summed E-state index contributed by atoms with van der Waals surface area (Å²) in [6.45, 7) is 7.61. The summed E-state index contributed by atoms with van der Waals surface area (Å²) in [5, 5.41) is 21.5. The Balaban J connectivity index is 1.99. The zero-order valence-corrected chi connectivity index (χ0v) is 25.2. The molecule has 0 spiro atoms. The Bertz CT molecular complexity index is 1270. The zero-order valence-electron chi connectivity index (χ0n) is 25.2. The van der Waals surface area contributed by atoms with Gasteiger partial charge < -0.3 is 19.7 Å². The van der Waals surface area contributed by atoms with E-state index in [0.29, 0.717) is 35.6 Å². The first-order valence-corrected chi connectivity index (χ1v) is 13.9. The normalized spacial score (nSPS) is 19.2. The number of Topliss-reactive ketones (excluding diaryl/α,β-unsaturated/α-hetero) is 2. The Morgan fingerprint density at radius 1 is 0.667 bits per heavy atom. The monoisotopic (exact) mass is 580 g/mol. The van der Waals surface area contributed by atoms with Crippen LogP contribution in [-0.2, 0) is 28.7 Å². The van der Waals surface area contributed by atoms with Crippen molar-refractivity contribution in [3.05, 3.63) is 46.9 Å². The molecule has 2 aliphatic carbocycles. The number of carbonyl (C=O) groups is 4. The van der Waals surface area contributed by atoms with Crippen molar-refractivity contribution < 1.29 is 38.9 Å². The highest BCUT2D eigenvalue weighted by Gasteiger charge is 2.36. The Hall–Kier alpha value is -4.08. The van der Waals surface area contributed by atoms with Crippen LogP contribution in [0.4, 0.5) is 11.4 Å². The van der Waals surface area contributed by atoms with Crippen molar-refractivity contribution in [2.45, 2.75) is 79.1 Å². The first kappa shape index (κ1) is 32.4. The minimum atomic E-state index is -0.464. The van der Waals surface area contributed by atoms with Crippen molar-refractivity contribution in [3.8, 4) is 0 Å². The van der Waals surface area contributed by atoms with E-state index >= 15 is 0 Å². The SMILES string of the molecule is COC(=O)CCC(=Nc1ccc(N=C(CCC(=O)OC)C2=C(O)CC(C)(C)CC2=O)cc1)C1=C(O)CC(C)(C)CC1=O. The maximum absolute atomic E-state index is 13.0. The summed E-state index contributed by atoms with van der Waals surface area (Å²) in [5.41, 5.74) is 0.988. The molecule has 1 aromatic rings. The lowest BCUT2D eigenvalue weighted by molar-refractivity contribution is -0.141. The zero-order chi connectivity index (χ0) is 31.2. The molecule has 10 nitrogen and oxygen atoms in total. The molecule has 2 N–H and O–H groups in total. The molecular weight excluding hydrogens is 540 g/mol. The number of benzene rings is 1. The molecule has 0 bridgehead atoms.